The van der Waals surface area contributed by atoms with Crippen LogP contribution in [0, 0.1) is 5.92 Å². The van der Waals surface area contributed by atoms with E-state index in [2.05, 4.69) is 10.6 Å². The number of alkyl halides is 1. The number of carbonyl (C=O) groups is 2. The van der Waals surface area contributed by atoms with Gasteiger partial charge in [0.2, 0.25) is 11.8 Å². The molecule has 1 fully saturated rings. The Kier molecular flexibility index (Phi) is 4.80. The van der Waals surface area contributed by atoms with Gasteiger partial charge < -0.3 is 10.6 Å². The molecule has 5 heteroatoms. The molecule has 1 saturated carbocycles. The molecule has 1 aromatic carbocycles. The Bertz CT molecular complexity index is 472. The Morgan fingerprint density at radius 1 is 1.32 bits per heavy atom. The Labute approximate surface area is 117 Å². The first kappa shape index (κ1) is 13.9. The molecule has 0 aliphatic heterocycles. The van der Waals surface area contributed by atoms with Crippen molar-refractivity contribution in [1.29, 1.82) is 0 Å². The molecule has 0 aromatic heterocycles. The van der Waals surface area contributed by atoms with Crippen LogP contribution < -0.4 is 10.6 Å². The molecule has 0 bridgehead atoms. The lowest BCUT2D eigenvalue weighted by Gasteiger charge is -2.08. The van der Waals surface area contributed by atoms with Crippen molar-refractivity contribution in [2.24, 2.45) is 5.92 Å². The summed E-state index contributed by atoms with van der Waals surface area (Å²) >= 11 is 5.49. The minimum Gasteiger partial charge on any atom is -0.352 e. The molecule has 0 saturated heterocycles. The Hall–Kier alpha value is -1.55. The number of benzene rings is 1. The zero-order valence-electron chi connectivity index (χ0n) is 10.6. The van der Waals surface area contributed by atoms with Gasteiger partial charge in [0.1, 0.15) is 0 Å². The summed E-state index contributed by atoms with van der Waals surface area (Å²) in [6, 6.07) is 7.50. The van der Waals surface area contributed by atoms with Gasteiger partial charge in [0.05, 0.1) is 0 Å². The van der Waals surface area contributed by atoms with Crippen molar-refractivity contribution in [2.45, 2.75) is 25.8 Å². The number of halogens is 1. The topological polar surface area (TPSA) is 58.2 Å². The Morgan fingerprint density at radius 2 is 2.11 bits per heavy atom. The number of rotatable bonds is 6. The normalized spacial score (nSPS) is 13.9. The van der Waals surface area contributed by atoms with Crippen LogP contribution in [-0.4, -0.2) is 17.7 Å². The van der Waals surface area contributed by atoms with Crippen LogP contribution in [0.4, 0.5) is 5.69 Å². The number of carbonyl (C=O) groups excluding carboxylic acids is 2. The molecule has 2 amide bonds. The van der Waals surface area contributed by atoms with Gasteiger partial charge in [-0.2, -0.15) is 0 Å². The fourth-order valence-electron chi connectivity index (χ4n) is 1.72. The molecule has 0 spiro atoms. The third-order valence-electron chi connectivity index (χ3n) is 2.95. The van der Waals surface area contributed by atoms with Crippen LogP contribution in [-0.2, 0) is 16.1 Å². The maximum atomic E-state index is 11.6. The van der Waals surface area contributed by atoms with Crippen LogP contribution in [0.15, 0.2) is 24.3 Å². The molecule has 0 heterocycles. The Morgan fingerprint density at radius 3 is 2.79 bits per heavy atom. The van der Waals surface area contributed by atoms with Gasteiger partial charge >= 0.3 is 0 Å². The molecule has 102 valence electrons. The molecular formula is C14H17ClN2O2. The summed E-state index contributed by atoms with van der Waals surface area (Å²) in [6.45, 7) is 0.447. The molecule has 2 rings (SSSR count). The highest BCUT2D eigenvalue weighted by atomic mass is 35.5. The quantitative estimate of drug-likeness (QED) is 0.786. The van der Waals surface area contributed by atoms with Crippen molar-refractivity contribution in [3.63, 3.8) is 0 Å². The molecule has 0 radical (unpaired) electrons. The van der Waals surface area contributed by atoms with Crippen LogP contribution in [0.3, 0.4) is 0 Å². The minimum absolute atomic E-state index is 0.0672. The van der Waals surface area contributed by atoms with Crippen molar-refractivity contribution in [1.82, 2.24) is 5.32 Å². The standard InChI is InChI=1S/C14H17ClN2O2/c15-7-6-13(18)16-9-10-2-1-3-12(8-10)17-14(19)11-4-5-11/h1-3,8,11H,4-7,9H2,(H,16,18)(H,17,19). The van der Waals surface area contributed by atoms with E-state index in [4.69, 9.17) is 11.6 Å². The average molecular weight is 281 g/mol. The van der Waals surface area contributed by atoms with E-state index in [9.17, 15) is 9.59 Å². The van der Waals surface area contributed by atoms with E-state index in [-0.39, 0.29) is 17.7 Å². The van der Waals surface area contributed by atoms with Gasteiger partial charge in [-0.3, -0.25) is 9.59 Å². The lowest BCUT2D eigenvalue weighted by Crippen LogP contribution is -2.22. The summed E-state index contributed by atoms with van der Waals surface area (Å²) in [6.07, 6.45) is 2.29. The summed E-state index contributed by atoms with van der Waals surface area (Å²) in [5.74, 6) is 0.529. The molecule has 0 atom stereocenters. The van der Waals surface area contributed by atoms with Crippen LogP contribution >= 0.6 is 11.6 Å². The molecule has 1 aliphatic rings. The summed E-state index contributed by atoms with van der Waals surface area (Å²) in [5.41, 5.74) is 1.73. The summed E-state index contributed by atoms with van der Waals surface area (Å²) < 4.78 is 0. The smallest absolute Gasteiger partial charge is 0.227 e. The molecule has 0 unspecified atom stereocenters. The van der Waals surface area contributed by atoms with E-state index >= 15 is 0 Å². The SMILES string of the molecule is O=C(CCCl)NCc1cccc(NC(=O)C2CC2)c1. The van der Waals surface area contributed by atoms with Crippen LogP contribution in [0.5, 0.6) is 0 Å². The molecular weight excluding hydrogens is 264 g/mol. The average Bonchev–Trinajstić information content (AvgIpc) is 3.21. The summed E-state index contributed by atoms with van der Waals surface area (Å²) in [5, 5.41) is 5.66. The lowest BCUT2D eigenvalue weighted by molar-refractivity contribution is -0.121. The van der Waals surface area contributed by atoms with E-state index in [1.807, 2.05) is 24.3 Å². The van der Waals surface area contributed by atoms with E-state index in [1.165, 1.54) is 0 Å². The second-order valence-corrected chi connectivity index (χ2v) is 5.06. The highest BCUT2D eigenvalue weighted by Crippen LogP contribution is 2.30. The van der Waals surface area contributed by atoms with E-state index in [1.54, 1.807) is 0 Å². The molecule has 19 heavy (non-hydrogen) atoms. The third kappa shape index (κ3) is 4.56. The summed E-state index contributed by atoms with van der Waals surface area (Å²) in [4.78, 5) is 23.0. The monoisotopic (exact) mass is 280 g/mol. The molecule has 4 nitrogen and oxygen atoms in total. The van der Waals surface area contributed by atoms with Crippen molar-refractivity contribution >= 4 is 29.1 Å². The van der Waals surface area contributed by atoms with Gasteiger partial charge in [-0.1, -0.05) is 12.1 Å². The van der Waals surface area contributed by atoms with Gasteiger partial charge in [0.15, 0.2) is 0 Å². The van der Waals surface area contributed by atoms with Crippen molar-refractivity contribution in [2.75, 3.05) is 11.2 Å². The van der Waals surface area contributed by atoms with Crippen molar-refractivity contribution in [3.05, 3.63) is 29.8 Å². The minimum atomic E-state index is -0.0672. The van der Waals surface area contributed by atoms with Crippen LogP contribution in [0.25, 0.3) is 0 Å². The van der Waals surface area contributed by atoms with E-state index in [0.717, 1.165) is 24.1 Å². The zero-order valence-corrected chi connectivity index (χ0v) is 11.4. The predicted octanol–water partition coefficient (Wildman–Crippen LogP) is 2.28. The molecule has 1 aromatic rings. The first-order chi connectivity index (χ1) is 9.19. The maximum Gasteiger partial charge on any atom is 0.227 e. The Balaban J connectivity index is 1.87. The third-order valence-corrected chi connectivity index (χ3v) is 3.14. The van der Waals surface area contributed by atoms with Gasteiger partial charge in [-0.05, 0) is 30.5 Å². The number of anilines is 1. The highest BCUT2D eigenvalue weighted by molar-refractivity contribution is 6.18. The number of nitrogens with one attached hydrogen (secondary N) is 2. The number of amides is 2. The van der Waals surface area contributed by atoms with Crippen molar-refractivity contribution in [3.8, 4) is 0 Å². The number of hydrogen-bond acceptors (Lipinski definition) is 2. The largest absolute Gasteiger partial charge is 0.352 e. The van der Waals surface area contributed by atoms with Gasteiger partial charge in [-0.25, -0.2) is 0 Å². The van der Waals surface area contributed by atoms with Gasteiger partial charge in [0.25, 0.3) is 0 Å². The second-order valence-electron chi connectivity index (χ2n) is 4.68. The van der Waals surface area contributed by atoms with E-state index < -0.39 is 0 Å². The van der Waals surface area contributed by atoms with Gasteiger partial charge in [0, 0.05) is 30.5 Å². The van der Waals surface area contributed by atoms with Gasteiger partial charge in [-0.15, -0.1) is 11.6 Å². The first-order valence-electron chi connectivity index (χ1n) is 6.41. The molecule has 1 aliphatic carbocycles. The van der Waals surface area contributed by atoms with Crippen LogP contribution in [0.1, 0.15) is 24.8 Å². The van der Waals surface area contributed by atoms with Crippen LogP contribution in [0.2, 0.25) is 0 Å². The zero-order chi connectivity index (χ0) is 13.7. The summed E-state index contributed by atoms with van der Waals surface area (Å²) in [7, 11) is 0. The van der Waals surface area contributed by atoms with E-state index in [0.29, 0.717) is 18.8 Å². The second kappa shape index (κ2) is 6.57. The fourth-order valence-corrected chi connectivity index (χ4v) is 1.90. The first-order valence-corrected chi connectivity index (χ1v) is 6.95. The molecule has 2 N–H and O–H groups in total. The number of hydrogen-bond donors (Lipinski definition) is 2. The lowest BCUT2D eigenvalue weighted by atomic mass is 10.2. The predicted molar refractivity (Wildman–Crippen MR) is 75.0 cm³/mol. The maximum absolute atomic E-state index is 11.6. The fraction of sp³-hybridized carbons (Fsp3) is 0.429. The highest BCUT2D eigenvalue weighted by Gasteiger charge is 2.29. The van der Waals surface area contributed by atoms with Crippen molar-refractivity contribution < 1.29 is 9.59 Å².